The summed E-state index contributed by atoms with van der Waals surface area (Å²) >= 11 is 0. The fourth-order valence-electron chi connectivity index (χ4n) is 2.31. The van der Waals surface area contributed by atoms with E-state index in [0.29, 0.717) is 5.69 Å². The highest BCUT2D eigenvalue weighted by atomic mass is 16.2. The van der Waals surface area contributed by atoms with Crippen LogP contribution in [0.25, 0.3) is 0 Å². The van der Waals surface area contributed by atoms with Gasteiger partial charge in [0.05, 0.1) is 6.42 Å². The molecule has 1 aromatic carbocycles. The van der Waals surface area contributed by atoms with Crippen molar-refractivity contribution in [2.45, 2.75) is 33.1 Å². The Hall–Kier alpha value is -2.63. The number of benzene rings is 1. The second kappa shape index (κ2) is 6.43. The molecule has 0 aliphatic heterocycles. The Kier molecular flexibility index (Phi) is 4.60. The molecule has 2 aromatic rings. The number of aromatic amines is 2. The van der Waals surface area contributed by atoms with Crippen molar-refractivity contribution < 1.29 is 4.79 Å². The molecule has 6 nitrogen and oxygen atoms in total. The Morgan fingerprint density at radius 1 is 1.18 bits per heavy atom. The molecule has 0 unspecified atom stereocenters. The number of amides is 1. The first-order chi connectivity index (χ1) is 10.4. The predicted molar refractivity (Wildman–Crippen MR) is 85.3 cm³/mol. The molecule has 3 N–H and O–H groups in total. The lowest BCUT2D eigenvalue weighted by Crippen LogP contribution is -2.29. The summed E-state index contributed by atoms with van der Waals surface area (Å²) in [7, 11) is 0. The Morgan fingerprint density at radius 2 is 1.86 bits per heavy atom. The topological polar surface area (TPSA) is 94.8 Å². The summed E-state index contributed by atoms with van der Waals surface area (Å²) in [5.74, 6) is -0.0246. The van der Waals surface area contributed by atoms with Crippen molar-refractivity contribution in [2.75, 3.05) is 5.32 Å². The van der Waals surface area contributed by atoms with Gasteiger partial charge in [0, 0.05) is 16.9 Å². The third-order valence-corrected chi connectivity index (χ3v) is 3.45. The van der Waals surface area contributed by atoms with Crippen LogP contribution in [0.1, 0.15) is 36.6 Å². The van der Waals surface area contributed by atoms with E-state index >= 15 is 0 Å². The van der Waals surface area contributed by atoms with E-state index in [1.807, 2.05) is 38.1 Å². The van der Waals surface area contributed by atoms with Gasteiger partial charge in [-0.15, -0.1) is 0 Å². The maximum atomic E-state index is 12.2. The lowest BCUT2D eigenvalue weighted by molar-refractivity contribution is -0.115. The number of carbonyl (C=O) groups excluding carboxylic acids is 1. The first kappa shape index (κ1) is 15.8. The molecule has 0 bridgehead atoms. The first-order valence-electron chi connectivity index (χ1n) is 7.09. The lowest BCUT2D eigenvalue weighted by Gasteiger charge is -2.13. The van der Waals surface area contributed by atoms with E-state index in [-0.39, 0.29) is 23.8 Å². The van der Waals surface area contributed by atoms with E-state index in [1.54, 1.807) is 6.92 Å². The van der Waals surface area contributed by atoms with Gasteiger partial charge in [0.2, 0.25) is 5.91 Å². The number of H-pyrrole nitrogens is 2. The smallest absolute Gasteiger partial charge is 0.325 e. The van der Waals surface area contributed by atoms with Gasteiger partial charge in [0.15, 0.2) is 0 Å². The van der Waals surface area contributed by atoms with E-state index in [9.17, 15) is 14.4 Å². The van der Waals surface area contributed by atoms with Gasteiger partial charge in [-0.1, -0.05) is 32.0 Å². The molecule has 0 atom stereocenters. The predicted octanol–water partition coefficient (Wildman–Crippen LogP) is 1.68. The fraction of sp³-hybridized carbons (Fsp3) is 0.312. The van der Waals surface area contributed by atoms with Crippen LogP contribution in [0.5, 0.6) is 0 Å². The van der Waals surface area contributed by atoms with Gasteiger partial charge in [0.1, 0.15) is 0 Å². The van der Waals surface area contributed by atoms with Crippen LogP contribution in [-0.4, -0.2) is 15.9 Å². The van der Waals surface area contributed by atoms with Crippen LogP contribution in [-0.2, 0) is 11.2 Å². The maximum Gasteiger partial charge on any atom is 0.325 e. The molecular weight excluding hydrogens is 282 g/mol. The van der Waals surface area contributed by atoms with E-state index in [2.05, 4.69) is 15.3 Å². The fourth-order valence-corrected chi connectivity index (χ4v) is 2.31. The van der Waals surface area contributed by atoms with Gasteiger partial charge in [-0.05, 0) is 24.5 Å². The molecule has 6 heteroatoms. The van der Waals surface area contributed by atoms with Gasteiger partial charge < -0.3 is 10.3 Å². The van der Waals surface area contributed by atoms with Crippen LogP contribution in [0.2, 0.25) is 0 Å². The van der Waals surface area contributed by atoms with Gasteiger partial charge in [-0.2, -0.15) is 0 Å². The highest BCUT2D eigenvalue weighted by Crippen LogP contribution is 2.23. The van der Waals surface area contributed by atoms with Crippen molar-refractivity contribution in [3.8, 4) is 0 Å². The zero-order chi connectivity index (χ0) is 16.3. The number of hydrogen-bond acceptors (Lipinski definition) is 3. The summed E-state index contributed by atoms with van der Waals surface area (Å²) in [5, 5.41) is 2.83. The Morgan fingerprint density at radius 3 is 2.50 bits per heavy atom. The minimum atomic E-state index is -0.572. The van der Waals surface area contributed by atoms with Crippen molar-refractivity contribution in [3.63, 3.8) is 0 Å². The zero-order valence-corrected chi connectivity index (χ0v) is 12.8. The summed E-state index contributed by atoms with van der Waals surface area (Å²) in [5.41, 5.74) is 1.33. The summed E-state index contributed by atoms with van der Waals surface area (Å²) < 4.78 is 0. The summed E-state index contributed by atoms with van der Waals surface area (Å²) in [6, 6.07) is 7.55. The number of para-hydroxylation sites is 1. The molecule has 22 heavy (non-hydrogen) atoms. The minimum absolute atomic E-state index is 0.0929. The molecule has 1 aromatic heterocycles. The SMILES string of the molecule is Cc1[nH]c(=O)[nH]c(=O)c1CC(=O)Nc1ccccc1C(C)C. The third kappa shape index (κ3) is 3.52. The summed E-state index contributed by atoms with van der Waals surface area (Å²) in [6.45, 7) is 5.69. The van der Waals surface area contributed by atoms with Gasteiger partial charge >= 0.3 is 5.69 Å². The third-order valence-electron chi connectivity index (χ3n) is 3.45. The zero-order valence-electron chi connectivity index (χ0n) is 12.8. The lowest BCUT2D eigenvalue weighted by atomic mass is 10.0. The molecule has 0 fully saturated rings. The highest BCUT2D eigenvalue weighted by molar-refractivity contribution is 5.93. The average Bonchev–Trinajstić information content (AvgIpc) is 2.43. The number of anilines is 1. The molecule has 2 rings (SSSR count). The molecule has 1 heterocycles. The van der Waals surface area contributed by atoms with Crippen LogP contribution in [0.15, 0.2) is 33.9 Å². The van der Waals surface area contributed by atoms with Crippen molar-refractivity contribution >= 4 is 11.6 Å². The second-order valence-corrected chi connectivity index (χ2v) is 5.48. The number of aryl methyl sites for hydroxylation is 1. The Bertz CT molecular complexity index is 803. The quantitative estimate of drug-likeness (QED) is 0.801. The minimum Gasteiger partial charge on any atom is -0.326 e. The number of rotatable bonds is 4. The van der Waals surface area contributed by atoms with E-state index < -0.39 is 11.2 Å². The number of aromatic nitrogens is 2. The molecule has 1 amide bonds. The monoisotopic (exact) mass is 301 g/mol. The summed E-state index contributed by atoms with van der Waals surface area (Å²) in [4.78, 5) is 39.7. The molecule has 116 valence electrons. The first-order valence-corrected chi connectivity index (χ1v) is 7.09. The molecule has 0 aliphatic rings. The van der Waals surface area contributed by atoms with Crippen LogP contribution in [0.3, 0.4) is 0 Å². The molecule has 0 saturated heterocycles. The number of nitrogens with one attached hydrogen (secondary N) is 3. The van der Waals surface area contributed by atoms with Crippen LogP contribution in [0, 0.1) is 6.92 Å². The molecule has 0 saturated carbocycles. The van der Waals surface area contributed by atoms with Gasteiger partial charge in [-0.25, -0.2) is 4.79 Å². The number of hydrogen-bond donors (Lipinski definition) is 3. The van der Waals surface area contributed by atoms with Crippen molar-refractivity contribution in [1.82, 2.24) is 9.97 Å². The second-order valence-electron chi connectivity index (χ2n) is 5.48. The number of carbonyl (C=O) groups is 1. The summed E-state index contributed by atoms with van der Waals surface area (Å²) in [6.07, 6.45) is -0.0929. The Balaban J connectivity index is 2.22. The van der Waals surface area contributed by atoms with E-state index in [0.717, 1.165) is 11.3 Å². The van der Waals surface area contributed by atoms with Crippen LogP contribution in [0.4, 0.5) is 5.69 Å². The standard InChI is InChI=1S/C16H19N3O3/c1-9(2)11-6-4-5-7-13(11)18-14(20)8-12-10(3)17-16(22)19-15(12)21/h4-7,9H,8H2,1-3H3,(H,18,20)(H2,17,19,21,22). The molecule has 0 radical (unpaired) electrons. The maximum absolute atomic E-state index is 12.2. The van der Waals surface area contributed by atoms with Crippen LogP contribution < -0.4 is 16.6 Å². The van der Waals surface area contributed by atoms with Gasteiger partial charge in [0.25, 0.3) is 5.56 Å². The van der Waals surface area contributed by atoms with E-state index in [4.69, 9.17) is 0 Å². The van der Waals surface area contributed by atoms with Crippen molar-refractivity contribution in [2.24, 2.45) is 0 Å². The molecular formula is C16H19N3O3. The largest absolute Gasteiger partial charge is 0.326 e. The molecule has 0 aliphatic carbocycles. The van der Waals surface area contributed by atoms with Crippen LogP contribution >= 0.6 is 0 Å². The van der Waals surface area contributed by atoms with Crippen molar-refractivity contribution in [3.05, 3.63) is 61.9 Å². The molecule has 0 spiro atoms. The highest BCUT2D eigenvalue weighted by Gasteiger charge is 2.13. The Labute approximate surface area is 127 Å². The normalized spacial score (nSPS) is 10.7. The average molecular weight is 301 g/mol. The van der Waals surface area contributed by atoms with Gasteiger partial charge in [-0.3, -0.25) is 14.6 Å². The van der Waals surface area contributed by atoms with Crippen molar-refractivity contribution in [1.29, 1.82) is 0 Å². The van der Waals surface area contributed by atoms with E-state index in [1.165, 1.54) is 0 Å².